The summed E-state index contributed by atoms with van der Waals surface area (Å²) in [6.45, 7) is 4.31. The number of anilines is 1. The number of amides is 4. The number of aromatic hydroxyl groups is 1. The fraction of sp³-hybridized carbons (Fsp3) is 0.370. The highest BCUT2D eigenvalue weighted by Crippen LogP contribution is 2.31. The molecular weight excluding hydrogens is 506 g/mol. The molecule has 0 spiro atoms. The lowest BCUT2D eigenvalue weighted by molar-refractivity contribution is -0.140. The number of para-hydroxylation sites is 1. The van der Waals surface area contributed by atoms with E-state index < -0.39 is 48.0 Å². The first-order chi connectivity index (χ1) is 18.4. The van der Waals surface area contributed by atoms with Gasteiger partial charge in [-0.05, 0) is 57.5 Å². The minimum atomic E-state index is -1.49. The number of hydrogen-bond donors (Lipinski definition) is 4. The molecule has 0 aromatic heterocycles. The summed E-state index contributed by atoms with van der Waals surface area (Å²) in [5.74, 6) is -2.06. The number of ether oxygens (including phenoxy) is 2. The van der Waals surface area contributed by atoms with E-state index in [1.54, 1.807) is 51.1 Å². The van der Waals surface area contributed by atoms with Crippen molar-refractivity contribution in [3.63, 3.8) is 0 Å². The number of phenolic OH excluding ortho intramolecular Hbond substituents is 1. The van der Waals surface area contributed by atoms with Gasteiger partial charge in [-0.1, -0.05) is 18.2 Å². The number of carbonyl (C=O) groups is 4. The van der Waals surface area contributed by atoms with Crippen LogP contribution in [0.3, 0.4) is 0 Å². The third-order valence-corrected chi connectivity index (χ3v) is 5.34. The molecule has 39 heavy (non-hydrogen) atoms. The van der Waals surface area contributed by atoms with Gasteiger partial charge in [0, 0.05) is 17.7 Å². The van der Waals surface area contributed by atoms with Crippen molar-refractivity contribution >= 4 is 29.5 Å². The lowest BCUT2D eigenvalue weighted by atomic mass is 10.0. The molecule has 208 valence electrons. The first-order valence-electron chi connectivity index (χ1n) is 12.0. The van der Waals surface area contributed by atoms with Gasteiger partial charge in [-0.25, -0.2) is 4.79 Å². The van der Waals surface area contributed by atoms with Crippen LogP contribution in [-0.4, -0.2) is 59.1 Å². The molecule has 2 unspecified atom stereocenters. The van der Waals surface area contributed by atoms with Gasteiger partial charge in [0.2, 0.25) is 11.8 Å². The van der Waals surface area contributed by atoms with Gasteiger partial charge in [-0.2, -0.15) is 5.26 Å². The molecule has 2 atom stereocenters. The number of phenols is 1. The maximum atomic E-state index is 13.8. The molecule has 0 bridgehead atoms. The number of carbonyl (C=O) groups excluding carboxylic acids is 4. The Morgan fingerprint density at radius 2 is 1.74 bits per heavy atom. The van der Waals surface area contributed by atoms with Crippen molar-refractivity contribution < 1.29 is 33.8 Å². The molecule has 5 N–H and O–H groups in total. The summed E-state index contributed by atoms with van der Waals surface area (Å²) in [5, 5.41) is 25.2. The number of nitrogens with one attached hydrogen (secondary N) is 2. The zero-order chi connectivity index (χ0) is 29.2. The zero-order valence-corrected chi connectivity index (χ0v) is 22.3. The van der Waals surface area contributed by atoms with Gasteiger partial charge in [-0.15, -0.1) is 0 Å². The Kier molecular flexibility index (Phi) is 10.7. The second kappa shape index (κ2) is 13.7. The average molecular weight is 540 g/mol. The Bertz CT molecular complexity index is 1220. The third-order valence-electron chi connectivity index (χ3n) is 5.34. The van der Waals surface area contributed by atoms with Crippen molar-refractivity contribution in [1.82, 2.24) is 10.2 Å². The maximum absolute atomic E-state index is 13.8. The highest BCUT2D eigenvalue weighted by molar-refractivity contribution is 5.99. The molecule has 0 aliphatic heterocycles. The van der Waals surface area contributed by atoms with Crippen LogP contribution in [0, 0.1) is 11.3 Å². The normalized spacial score (nSPS) is 12.3. The molecular formula is C27H33N5O7. The summed E-state index contributed by atoms with van der Waals surface area (Å²) in [7, 11) is 1.49. The van der Waals surface area contributed by atoms with Gasteiger partial charge in [-0.3, -0.25) is 14.4 Å². The van der Waals surface area contributed by atoms with Crippen LogP contribution < -0.4 is 21.1 Å². The van der Waals surface area contributed by atoms with Crippen molar-refractivity contribution in [3.8, 4) is 17.6 Å². The molecule has 4 amide bonds. The van der Waals surface area contributed by atoms with Crippen LogP contribution in [0.2, 0.25) is 0 Å². The van der Waals surface area contributed by atoms with E-state index >= 15 is 0 Å². The summed E-state index contributed by atoms with van der Waals surface area (Å²) in [4.78, 5) is 52.3. The van der Waals surface area contributed by atoms with E-state index in [1.165, 1.54) is 25.3 Å². The molecule has 0 aliphatic carbocycles. The number of nitrogens with two attached hydrogens (primary N) is 1. The molecule has 0 saturated carbocycles. The summed E-state index contributed by atoms with van der Waals surface area (Å²) in [6, 6.07) is 11.2. The van der Waals surface area contributed by atoms with Gasteiger partial charge in [0.05, 0.1) is 13.2 Å². The van der Waals surface area contributed by atoms with E-state index in [1.807, 2.05) is 6.07 Å². The Morgan fingerprint density at radius 1 is 1.10 bits per heavy atom. The Balaban J connectivity index is 2.51. The Hall–Kier alpha value is -4.79. The van der Waals surface area contributed by atoms with Crippen LogP contribution in [0.4, 0.5) is 10.5 Å². The predicted octanol–water partition coefficient (Wildman–Crippen LogP) is 2.59. The van der Waals surface area contributed by atoms with Gasteiger partial charge in [0.15, 0.2) is 0 Å². The smallest absolute Gasteiger partial charge is 0.408 e. The van der Waals surface area contributed by atoms with E-state index in [2.05, 4.69) is 10.6 Å². The minimum absolute atomic E-state index is 0.0398. The van der Waals surface area contributed by atoms with Crippen LogP contribution in [0.25, 0.3) is 0 Å². The summed E-state index contributed by atoms with van der Waals surface area (Å²) < 4.78 is 10.4. The lowest BCUT2D eigenvalue weighted by Gasteiger charge is -2.33. The topological polar surface area (TPSA) is 184 Å². The maximum Gasteiger partial charge on any atom is 0.408 e. The third kappa shape index (κ3) is 9.23. The Labute approximate surface area is 226 Å². The van der Waals surface area contributed by atoms with Gasteiger partial charge < -0.3 is 35.8 Å². The van der Waals surface area contributed by atoms with Crippen molar-refractivity contribution in [2.24, 2.45) is 5.73 Å². The van der Waals surface area contributed by atoms with Crippen molar-refractivity contribution in [3.05, 3.63) is 54.1 Å². The van der Waals surface area contributed by atoms with Crippen LogP contribution >= 0.6 is 0 Å². The number of alkyl carbamates (subject to hydrolysis) is 1. The zero-order valence-electron chi connectivity index (χ0n) is 22.3. The fourth-order valence-corrected chi connectivity index (χ4v) is 3.62. The SMILES string of the molecule is COc1ccc(NC(=O)C(c2ccccc2O)N(CC#N)C(=O)C(CCC(N)=O)NC(=O)OC(C)(C)C)cc1. The first-order valence-corrected chi connectivity index (χ1v) is 12.0. The minimum Gasteiger partial charge on any atom is -0.508 e. The standard InChI is InChI=1S/C27H33N5O7/c1-27(2,3)39-26(37)31-20(13-14-22(29)34)25(36)32(16-15-28)23(19-7-5-6-8-21(19)33)24(35)30-17-9-11-18(38-4)12-10-17/h5-12,20,23,33H,13-14,16H2,1-4H3,(H2,29,34)(H,30,35)(H,31,37). The lowest BCUT2D eigenvalue weighted by Crippen LogP contribution is -2.52. The summed E-state index contributed by atoms with van der Waals surface area (Å²) in [6.07, 6.45) is -1.43. The molecule has 0 radical (unpaired) electrons. The molecule has 2 aromatic carbocycles. The van der Waals surface area contributed by atoms with E-state index in [9.17, 15) is 29.5 Å². The van der Waals surface area contributed by atoms with Gasteiger partial charge in [0.1, 0.15) is 35.7 Å². The van der Waals surface area contributed by atoms with Crippen LogP contribution in [0.5, 0.6) is 11.5 Å². The molecule has 0 fully saturated rings. The van der Waals surface area contributed by atoms with Crippen molar-refractivity contribution in [2.75, 3.05) is 19.0 Å². The highest BCUT2D eigenvalue weighted by atomic mass is 16.6. The number of benzene rings is 2. The average Bonchev–Trinajstić information content (AvgIpc) is 2.86. The van der Waals surface area contributed by atoms with E-state index in [4.69, 9.17) is 15.2 Å². The molecule has 2 aromatic rings. The first kappa shape index (κ1) is 30.4. The fourth-order valence-electron chi connectivity index (χ4n) is 3.62. The van der Waals surface area contributed by atoms with Crippen molar-refractivity contribution in [1.29, 1.82) is 5.26 Å². The number of nitriles is 1. The second-order valence-corrected chi connectivity index (χ2v) is 9.51. The van der Waals surface area contributed by atoms with Crippen LogP contribution in [-0.2, 0) is 19.1 Å². The monoisotopic (exact) mass is 539 g/mol. The Morgan fingerprint density at radius 3 is 2.28 bits per heavy atom. The van der Waals surface area contributed by atoms with Crippen molar-refractivity contribution in [2.45, 2.75) is 51.3 Å². The number of rotatable bonds is 11. The number of hydrogen-bond acceptors (Lipinski definition) is 8. The van der Waals surface area contributed by atoms with E-state index in [-0.39, 0.29) is 24.2 Å². The molecule has 12 heteroatoms. The predicted molar refractivity (Wildman–Crippen MR) is 141 cm³/mol. The number of primary amides is 1. The number of nitrogens with zero attached hydrogens (tertiary/aromatic N) is 2. The van der Waals surface area contributed by atoms with Gasteiger partial charge in [0.25, 0.3) is 5.91 Å². The highest BCUT2D eigenvalue weighted by Gasteiger charge is 2.37. The molecule has 0 heterocycles. The largest absolute Gasteiger partial charge is 0.508 e. The van der Waals surface area contributed by atoms with Crippen LogP contribution in [0.15, 0.2) is 48.5 Å². The second-order valence-electron chi connectivity index (χ2n) is 9.51. The molecule has 0 aliphatic rings. The summed E-state index contributed by atoms with van der Waals surface area (Å²) in [5.41, 5.74) is 4.79. The molecule has 12 nitrogen and oxygen atoms in total. The number of methoxy groups -OCH3 is 1. The molecule has 0 saturated heterocycles. The van der Waals surface area contributed by atoms with Crippen LogP contribution in [0.1, 0.15) is 45.2 Å². The quantitative estimate of drug-likeness (QED) is 0.314. The molecule has 2 rings (SSSR count). The van der Waals surface area contributed by atoms with E-state index in [0.717, 1.165) is 4.90 Å². The summed E-state index contributed by atoms with van der Waals surface area (Å²) >= 11 is 0. The van der Waals surface area contributed by atoms with E-state index in [0.29, 0.717) is 11.4 Å². The van der Waals surface area contributed by atoms with Gasteiger partial charge >= 0.3 is 6.09 Å².